The van der Waals surface area contributed by atoms with E-state index < -0.39 is 0 Å². The Hall–Kier alpha value is -1.67. The number of fused-ring (bicyclic) bond motifs is 2. The first-order valence-corrected chi connectivity index (χ1v) is 5.50. The fraction of sp³-hybridized carbons (Fsp3) is 0.0769. The third-order valence-corrected chi connectivity index (χ3v) is 2.91. The topological polar surface area (TPSA) is 21.3 Å². The number of hydrogen-bond donors (Lipinski definition) is 1. The summed E-state index contributed by atoms with van der Waals surface area (Å²) in [5.41, 5.74) is 2.07. The summed E-state index contributed by atoms with van der Waals surface area (Å²) in [6.45, 7) is 0.729. The zero-order chi connectivity index (χ0) is 11.0. The van der Waals surface area contributed by atoms with E-state index in [1.807, 2.05) is 42.5 Å². The first kappa shape index (κ1) is 9.55. The summed E-state index contributed by atoms with van der Waals surface area (Å²) in [7, 11) is 0. The number of para-hydroxylation sites is 3. The van der Waals surface area contributed by atoms with Gasteiger partial charge in [-0.2, -0.15) is 0 Å². The molecule has 0 bridgehead atoms. The van der Waals surface area contributed by atoms with Crippen LogP contribution in [0.3, 0.4) is 0 Å². The van der Waals surface area contributed by atoms with Crippen LogP contribution in [0.1, 0.15) is 5.56 Å². The van der Waals surface area contributed by atoms with Crippen molar-refractivity contribution in [3.63, 3.8) is 0 Å². The highest BCUT2D eigenvalue weighted by Crippen LogP contribution is 2.39. The smallest absolute Gasteiger partial charge is 0.151 e. The molecule has 3 rings (SSSR count). The number of benzene rings is 2. The molecule has 0 radical (unpaired) electrons. The number of nitrogens with one attached hydrogen (secondary N) is 1. The Balaban J connectivity index is 2.13. The largest absolute Gasteiger partial charge is 0.453 e. The van der Waals surface area contributed by atoms with Crippen LogP contribution >= 0.6 is 11.6 Å². The minimum Gasteiger partial charge on any atom is -0.453 e. The molecule has 2 aromatic carbocycles. The summed E-state index contributed by atoms with van der Waals surface area (Å²) < 4.78 is 5.84. The van der Waals surface area contributed by atoms with Crippen LogP contribution in [0.15, 0.2) is 42.5 Å². The van der Waals surface area contributed by atoms with Crippen LogP contribution < -0.4 is 10.1 Å². The van der Waals surface area contributed by atoms with Crippen molar-refractivity contribution in [2.75, 3.05) is 5.32 Å². The van der Waals surface area contributed by atoms with Gasteiger partial charge in [-0.05, 0) is 18.2 Å². The number of hydrogen-bond acceptors (Lipinski definition) is 2. The van der Waals surface area contributed by atoms with E-state index in [-0.39, 0.29) is 0 Å². The van der Waals surface area contributed by atoms with Crippen molar-refractivity contribution in [2.45, 2.75) is 6.54 Å². The summed E-state index contributed by atoms with van der Waals surface area (Å²) in [4.78, 5) is 0. The van der Waals surface area contributed by atoms with Crippen molar-refractivity contribution in [3.05, 3.63) is 53.1 Å². The lowest BCUT2D eigenvalue weighted by atomic mass is 10.2. The molecule has 1 aliphatic heterocycles. The van der Waals surface area contributed by atoms with Gasteiger partial charge < -0.3 is 10.1 Å². The van der Waals surface area contributed by atoms with Gasteiger partial charge in [-0.1, -0.05) is 35.9 Å². The number of ether oxygens (including phenoxy) is 1. The van der Waals surface area contributed by atoms with Crippen LogP contribution in [0, 0.1) is 0 Å². The molecule has 0 fully saturated rings. The van der Waals surface area contributed by atoms with Crippen molar-refractivity contribution in [2.24, 2.45) is 0 Å². The zero-order valence-electron chi connectivity index (χ0n) is 8.53. The maximum absolute atomic E-state index is 6.13. The van der Waals surface area contributed by atoms with Gasteiger partial charge in [0, 0.05) is 12.1 Å². The molecule has 0 saturated heterocycles. The van der Waals surface area contributed by atoms with Gasteiger partial charge in [-0.15, -0.1) is 0 Å². The predicted octanol–water partition coefficient (Wildman–Crippen LogP) is 4.06. The van der Waals surface area contributed by atoms with Gasteiger partial charge in [-0.3, -0.25) is 0 Å². The van der Waals surface area contributed by atoms with Crippen molar-refractivity contribution in [1.29, 1.82) is 0 Å². The Morgan fingerprint density at radius 3 is 2.88 bits per heavy atom. The van der Waals surface area contributed by atoms with Crippen molar-refractivity contribution < 1.29 is 4.74 Å². The van der Waals surface area contributed by atoms with E-state index in [9.17, 15) is 0 Å². The van der Waals surface area contributed by atoms with E-state index in [2.05, 4.69) is 5.32 Å². The highest BCUT2D eigenvalue weighted by atomic mass is 35.5. The zero-order valence-corrected chi connectivity index (χ0v) is 9.29. The summed E-state index contributed by atoms with van der Waals surface area (Å²) in [5, 5.41) is 3.97. The third-order valence-electron chi connectivity index (χ3n) is 2.62. The third kappa shape index (κ3) is 1.51. The Morgan fingerprint density at radius 2 is 1.94 bits per heavy atom. The summed E-state index contributed by atoms with van der Waals surface area (Å²) in [6, 6.07) is 13.6. The van der Waals surface area contributed by atoms with Gasteiger partial charge in [0.25, 0.3) is 0 Å². The quantitative estimate of drug-likeness (QED) is 0.738. The molecule has 1 heterocycles. The fourth-order valence-electron chi connectivity index (χ4n) is 1.81. The highest BCUT2D eigenvalue weighted by molar-refractivity contribution is 6.32. The molecule has 0 spiro atoms. The first-order valence-electron chi connectivity index (χ1n) is 5.13. The van der Waals surface area contributed by atoms with E-state index in [1.165, 1.54) is 0 Å². The molecule has 16 heavy (non-hydrogen) atoms. The first-order chi connectivity index (χ1) is 7.84. The second kappa shape index (κ2) is 3.72. The maximum atomic E-state index is 6.13. The molecule has 3 heteroatoms. The van der Waals surface area contributed by atoms with Crippen molar-refractivity contribution in [3.8, 4) is 11.5 Å². The lowest BCUT2D eigenvalue weighted by molar-refractivity contribution is 0.484. The Kier molecular flexibility index (Phi) is 2.22. The molecule has 0 aliphatic carbocycles. The van der Waals surface area contributed by atoms with Gasteiger partial charge in [0.15, 0.2) is 11.5 Å². The monoisotopic (exact) mass is 231 g/mol. The van der Waals surface area contributed by atoms with Crippen LogP contribution in [0.2, 0.25) is 5.02 Å². The summed E-state index contributed by atoms with van der Waals surface area (Å²) in [5.74, 6) is 1.57. The van der Waals surface area contributed by atoms with Crippen LogP contribution in [-0.4, -0.2) is 0 Å². The molecule has 1 N–H and O–H groups in total. The molecule has 0 aromatic heterocycles. The second-order valence-corrected chi connectivity index (χ2v) is 4.09. The molecule has 0 amide bonds. The van der Waals surface area contributed by atoms with Gasteiger partial charge in [0.05, 0.1) is 10.7 Å². The Morgan fingerprint density at radius 1 is 1.06 bits per heavy atom. The van der Waals surface area contributed by atoms with E-state index in [1.54, 1.807) is 0 Å². The van der Waals surface area contributed by atoms with E-state index >= 15 is 0 Å². The molecule has 0 unspecified atom stereocenters. The molecule has 2 nitrogen and oxygen atoms in total. The molecule has 2 aromatic rings. The van der Waals surface area contributed by atoms with Crippen molar-refractivity contribution >= 4 is 17.3 Å². The summed E-state index contributed by atoms with van der Waals surface area (Å²) >= 11 is 6.13. The number of halogens is 1. The van der Waals surface area contributed by atoms with E-state index in [0.29, 0.717) is 5.02 Å². The fourth-order valence-corrected chi connectivity index (χ4v) is 2.04. The molecular formula is C13H10ClNO. The van der Waals surface area contributed by atoms with Crippen LogP contribution in [-0.2, 0) is 6.54 Å². The van der Waals surface area contributed by atoms with E-state index in [0.717, 1.165) is 29.3 Å². The molecule has 80 valence electrons. The van der Waals surface area contributed by atoms with E-state index in [4.69, 9.17) is 16.3 Å². The number of rotatable bonds is 0. The van der Waals surface area contributed by atoms with Crippen LogP contribution in [0.4, 0.5) is 5.69 Å². The normalized spacial score (nSPS) is 12.8. The minimum absolute atomic E-state index is 0.649. The molecule has 0 atom stereocenters. The van der Waals surface area contributed by atoms with Gasteiger partial charge >= 0.3 is 0 Å². The van der Waals surface area contributed by atoms with Crippen LogP contribution in [0.25, 0.3) is 0 Å². The molecule has 0 saturated carbocycles. The molecular weight excluding hydrogens is 222 g/mol. The summed E-state index contributed by atoms with van der Waals surface area (Å²) in [6.07, 6.45) is 0. The Bertz CT molecular complexity index is 539. The minimum atomic E-state index is 0.649. The lowest BCUT2D eigenvalue weighted by Gasteiger charge is -2.08. The molecule has 1 aliphatic rings. The van der Waals surface area contributed by atoms with Crippen LogP contribution in [0.5, 0.6) is 11.5 Å². The van der Waals surface area contributed by atoms with Gasteiger partial charge in [0.1, 0.15) is 0 Å². The number of anilines is 1. The van der Waals surface area contributed by atoms with Gasteiger partial charge in [0.2, 0.25) is 0 Å². The lowest BCUT2D eigenvalue weighted by Crippen LogP contribution is -1.96. The average molecular weight is 232 g/mol. The standard InChI is InChI=1S/C13H10ClNO/c14-10-5-3-4-9-8-15-11-6-1-2-7-12(11)16-13(9)10/h1-7,15H,8H2. The maximum Gasteiger partial charge on any atom is 0.151 e. The SMILES string of the molecule is Clc1cccc2c1Oc1ccccc1NC2. The van der Waals surface area contributed by atoms with Gasteiger partial charge in [-0.25, -0.2) is 0 Å². The average Bonchev–Trinajstić information content (AvgIpc) is 2.50. The van der Waals surface area contributed by atoms with Crippen molar-refractivity contribution in [1.82, 2.24) is 0 Å². The predicted molar refractivity (Wildman–Crippen MR) is 65.3 cm³/mol. The second-order valence-electron chi connectivity index (χ2n) is 3.68. The highest BCUT2D eigenvalue weighted by Gasteiger charge is 2.15. The Labute approximate surface area is 98.8 Å².